The van der Waals surface area contributed by atoms with Gasteiger partial charge in [-0.2, -0.15) is 0 Å². The van der Waals surface area contributed by atoms with E-state index < -0.39 is 5.97 Å². The van der Waals surface area contributed by atoms with Crippen LogP contribution in [-0.2, 0) is 22.5 Å². The molecule has 0 atom stereocenters. The van der Waals surface area contributed by atoms with Gasteiger partial charge in [-0.1, -0.05) is 37.1 Å². The molecule has 1 aromatic heterocycles. The zero-order valence-electron chi connectivity index (χ0n) is 13.7. The monoisotopic (exact) mass is 365 g/mol. The van der Waals surface area contributed by atoms with Crippen molar-refractivity contribution < 1.29 is 14.3 Å². The summed E-state index contributed by atoms with van der Waals surface area (Å²) in [5.41, 5.74) is 2.10. The van der Waals surface area contributed by atoms with Gasteiger partial charge in [-0.3, -0.25) is 4.79 Å². The number of halogens is 1. The fraction of sp³-hybridized carbons (Fsp3) is 0.333. The predicted octanol–water partition coefficient (Wildman–Crippen LogP) is 4.14. The van der Waals surface area contributed by atoms with Crippen molar-refractivity contribution in [2.75, 3.05) is 6.61 Å². The lowest BCUT2D eigenvalue weighted by molar-refractivity contribution is -0.124. The van der Waals surface area contributed by atoms with E-state index in [9.17, 15) is 9.59 Å². The van der Waals surface area contributed by atoms with Crippen LogP contribution in [0.5, 0.6) is 0 Å². The molecule has 24 heavy (non-hydrogen) atoms. The predicted molar refractivity (Wildman–Crippen MR) is 96.6 cm³/mol. The number of esters is 1. The van der Waals surface area contributed by atoms with Crippen LogP contribution in [0.1, 0.15) is 39.0 Å². The number of carbonyl (C=O) groups excluding carboxylic acids is 2. The van der Waals surface area contributed by atoms with E-state index in [4.69, 9.17) is 16.3 Å². The van der Waals surface area contributed by atoms with Crippen molar-refractivity contribution in [2.24, 2.45) is 0 Å². The molecule has 6 heteroatoms. The number of hydrogen-bond donors (Lipinski definition) is 1. The molecule has 1 heterocycles. The first kappa shape index (κ1) is 18.5. The van der Waals surface area contributed by atoms with Crippen LogP contribution in [0.15, 0.2) is 30.3 Å². The van der Waals surface area contributed by atoms with Crippen molar-refractivity contribution in [3.05, 3.63) is 56.2 Å². The zero-order chi connectivity index (χ0) is 17.5. The first-order valence-corrected chi connectivity index (χ1v) is 8.96. The van der Waals surface area contributed by atoms with Crippen molar-refractivity contribution in [2.45, 2.75) is 33.2 Å². The van der Waals surface area contributed by atoms with E-state index in [-0.39, 0.29) is 12.5 Å². The van der Waals surface area contributed by atoms with Crippen molar-refractivity contribution in [1.82, 2.24) is 5.32 Å². The molecule has 0 bridgehead atoms. The Morgan fingerprint density at radius 1 is 1.25 bits per heavy atom. The molecule has 0 aliphatic carbocycles. The maximum Gasteiger partial charge on any atom is 0.348 e. The number of ether oxygens (including phenoxy) is 1. The minimum atomic E-state index is -0.452. The first-order chi connectivity index (χ1) is 11.5. The van der Waals surface area contributed by atoms with Crippen LogP contribution in [0.4, 0.5) is 0 Å². The second-order valence-electron chi connectivity index (χ2n) is 5.42. The van der Waals surface area contributed by atoms with Crippen molar-refractivity contribution >= 4 is 34.8 Å². The molecule has 1 aromatic carbocycles. The Labute approximate surface area is 150 Å². The minimum Gasteiger partial charge on any atom is -0.451 e. The lowest BCUT2D eigenvalue weighted by Gasteiger charge is -2.06. The van der Waals surface area contributed by atoms with Crippen LogP contribution in [0.3, 0.4) is 0 Å². The van der Waals surface area contributed by atoms with Gasteiger partial charge in [-0.15, -0.1) is 11.3 Å². The van der Waals surface area contributed by atoms with Gasteiger partial charge in [-0.25, -0.2) is 4.79 Å². The standard InChI is InChI=1S/C18H20ClNO3S/c1-3-4-14-9-16(24-12(14)2)18(22)23-11-17(21)20-10-13-5-7-15(19)8-6-13/h5-9H,3-4,10-11H2,1-2H3,(H,20,21). The molecule has 1 amide bonds. The average Bonchev–Trinajstić information content (AvgIpc) is 2.93. The van der Waals surface area contributed by atoms with Crippen molar-refractivity contribution in [3.8, 4) is 0 Å². The maximum atomic E-state index is 12.0. The van der Waals surface area contributed by atoms with Crippen LogP contribution in [-0.4, -0.2) is 18.5 Å². The topological polar surface area (TPSA) is 55.4 Å². The van der Waals surface area contributed by atoms with Crippen LogP contribution in [0.25, 0.3) is 0 Å². The van der Waals surface area contributed by atoms with Crippen molar-refractivity contribution in [1.29, 1.82) is 0 Å². The minimum absolute atomic E-state index is 0.285. The van der Waals surface area contributed by atoms with Gasteiger partial charge >= 0.3 is 5.97 Å². The lowest BCUT2D eigenvalue weighted by atomic mass is 10.1. The van der Waals surface area contributed by atoms with Crippen LogP contribution >= 0.6 is 22.9 Å². The quantitative estimate of drug-likeness (QED) is 0.750. The molecule has 2 rings (SSSR count). The highest BCUT2D eigenvalue weighted by Crippen LogP contribution is 2.23. The summed E-state index contributed by atoms with van der Waals surface area (Å²) >= 11 is 7.21. The summed E-state index contributed by atoms with van der Waals surface area (Å²) < 4.78 is 5.08. The Bertz CT molecular complexity index is 710. The van der Waals surface area contributed by atoms with Gasteiger partial charge in [0.25, 0.3) is 5.91 Å². The van der Waals surface area contributed by atoms with Gasteiger partial charge in [0.15, 0.2) is 6.61 Å². The number of aryl methyl sites for hydroxylation is 2. The van der Waals surface area contributed by atoms with Gasteiger partial charge in [0, 0.05) is 16.4 Å². The summed E-state index contributed by atoms with van der Waals surface area (Å²) in [5.74, 6) is -0.785. The van der Waals surface area contributed by atoms with Gasteiger partial charge in [-0.05, 0) is 42.7 Å². The third kappa shape index (κ3) is 5.35. The lowest BCUT2D eigenvalue weighted by Crippen LogP contribution is -2.28. The molecule has 0 spiro atoms. The van der Waals surface area contributed by atoms with Crippen LogP contribution < -0.4 is 5.32 Å². The number of benzene rings is 1. The van der Waals surface area contributed by atoms with Crippen molar-refractivity contribution in [3.63, 3.8) is 0 Å². The van der Waals surface area contributed by atoms with Gasteiger partial charge in [0.2, 0.25) is 0 Å². The number of amides is 1. The molecule has 1 N–H and O–H groups in total. The molecule has 0 radical (unpaired) electrons. The molecular weight excluding hydrogens is 346 g/mol. The number of rotatable bonds is 7. The SMILES string of the molecule is CCCc1cc(C(=O)OCC(=O)NCc2ccc(Cl)cc2)sc1C. The number of thiophene rings is 1. The normalized spacial score (nSPS) is 10.5. The van der Waals surface area contributed by atoms with Crippen LogP contribution in [0.2, 0.25) is 5.02 Å². The van der Waals surface area contributed by atoms with E-state index in [1.165, 1.54) is 16.9 Å². The third-order valence-corrected chi connectivity index (χ3v) is 4.80. The second-order valence-corrected chi connectivity index (χ2v) is 7.11. The highest BCUT2D eigenvalue weighted by atomic mass is 35.5. The fourth-order valence-electron chi connectivity index (χ4n) is 2.19. The van der Waals surface area contributed by atoms with E-state index in [2.05, 4.69) is 12.2 Å². The molecule has 128 valence electrons. The number of hydrogen-bond acceptors (Lipinski definition) is 4. The zero-order valence-corrected chi connectivity index (χ0v) is 15.3. The highest BCUT2D eigenvalue weighted by Gasteiger charge is 2.14. The molecule has 0 unspecified atom stereocenters. The van der Waals surface area contributed by atoms with Gasteiger partial charge in [0.1, 0.15) is 4.88 Å². The summed E-state index contributed by atoms with van der Waals surface area (Å²) in [6.45, 7) is 4.17. The Morgan fingerprint density at radius 3 is 2.62 bits per heavy atom. The Kier molecular flexibility index (Phi) is 6.82. The summed E-state index contributed by atoms with van der Waals surface area (Å²) in [6, 6.07) is 9.04. The average molecular weight is 366 g/mol. The Hall–Kier alpha value is -1.85. The first-order valence-electron chi connectivity index (χ1n) is 7.77. The molecular formula is C18H20ClNO3S. The summed E-state index contributed by atoms with van der Waals surface area (Å²) in [7, 11) is 0. The second kappa shape index (κ2) is 8.85. The Balaban J connectivity index is 1.79. The summed E-state index contributed by atoms with van der Waals surface area (Å²) in [5, 5.41) is 3.35. The van der Waals surface area contributed by atoms with Gasteiger partial charge in [0.05, 0.1) is 0 Å². The molecule has 0 fully saturated rings. The van der Waals surface area contributed by atoms with Crippen LogP contribution in [0, 0.1) is 6.92 Å². The molecule has 0 saturated carbocycles. The molecule has 0 saturated heterocycles. The number of nitrogens with one attached hydrogen (secondary N) is 1. The maximum absolute atomic E-state index is 12.0. The fourth-order valence-corrected chi connectivity index (χ4v) is 3.29. The summed E-state index contributed by atoms with van der Waals surface area (Å²) in [6.07, 6.45) is 1.97. The van der Waals surface area contributed by atoms with E-state index >= 15 is 0 Å². The summed E-state index contributed by atoms with van der Waals surface area (Å²) in [4.78, 5) is 25.5. The van der Waals surface area contributed by atoms with E-state index in [1.807, 2.05) is 25.1 Å². The molecule has 0 aliphatic rings. The largest absolute Gasteiger partial charge is 0.451 e. The van der Waals surface area contributed by atoms with E-state index in [0.717, 1.165) is 23.3 Å². The molecule has 0 aliphatic heterocycles. The highest BCUT2D eigenvalue weighted by molar-refractivity contribution is 7.14. The smallest absolute Gasteiger partial charge is 0.348 e. The van der Waals surface area contributed by atoms with E-state index in [0.29, 0.717) is 16.4 Å². The van der Waals surface area contributed by atoms with Gasteiger partial charge < -0.3 is 10.1 Å². The third-order valence-electron chi connectivity index (χ3n) is 3.48. The number of carbonyl (C=O) groups is 2. The molecule has 4 nitrogen and oxygen atoms in total. The Morgan fingerprint density at radius 2 is 1.96 bits per heavy atom. The van der Waals surface area contributed by atoms with E-state index in [1.54, 1.807) is 12.1 Å². The molecule has 2 aromatic rings.